The van der Waals surface area contributed by atoms with Crippen LogP contribution >= 0.6 is 11.6 Å². The van der Waals surface area contributed by atoms with E-state index in [0.29, 0.717) is 22.1 Å². The number of nitrogens with two attached hydrogens (primary N) is 1. The minimum atomic E-state index is -0.403. The van der Waals surface area contributed by atoms with Crippen molar-refractivity contribution in [1.29, 1.82) is 0 Å². The maximum Gasteiger partial charge on any atom is 0.321 e. The van der Waals surface area contributed by atoms with Crippen molar-refractivity contribution in [3.05, 3.63) is 53.1 Å². The second-order valence-electron chi connectivity index (χ2n) is 5.05. The van der Waals surface area contributed by atoms with Crippen LogP contribution in [0.25, 0.3) is 0 Å². The number of nitrogen functional groups attached to an aromatic ring is 1. The first-order valence-corrected chi connectivity index (χ1v) is 7.78. The molecule has 2 aromatic carbocycles. The van der Waals surface area contributed by atoms with Crippen LogP contribution in [-0.2, 0) is 6.42 Å². The van der Waals surface area contributed by atoms with E-state index in [2.05, 4.69) is 17.6 Å². The van der Waals surface area contributed by atoms with Crippen LogP contribution in [0.1, 0.15) is 18.9 Å². The molecule has 0 aliphatic rings. The van der Waals surface area contributed by atoms with Gasteiger partial charge in [0, 0.05) is 5.69 Å². The van der Waals surface area contributed by atoms with Crippen molar-refractivity contribution in [1.82, 2.24) is 5.32 Å². The van der Waals surface area contributed by atoms with Crippen LogP contribution in [0.2, 0.25) is 5.02 Å². The average Bonchev–Trinajstić information content (AvgIpc) is 2.52. The van der Waals surface area contributed by atoms with Gasteiger partial charge < -0.3 is 21.1 Å². The van der Waals surface area contributed by atoms with Gasteiger partial charge in [-0.3, -0.25) is 0 Å². The molecule has 0 bridgehead atoms. The number of benzene rings is 2. The van der Waals surface area contributed by atoms with Gasteiger partial charge in [0.25, 0.3) is 0 Å². The lowest BCUT2D eigenvalue weighted by atomic mass is 10.1. The Morgan fingerprint density at radius 3 is 2.61 bits per heavy atom. The molecule has 0 saturated heterocycles. The lowest BCUT2D eigenvalue weighted by molar-refractivity contribution is 0.234. The quantitative estimate of drug-likeness (QED) is 0.551. The largest absolute Gasteiger partial charge is 0.473 e. The zero-order valence-electron chi connectivity index (χ0n) is 12.9. The van der Waals surface area contributed by atoms with E-state index in [-0.39, 0.29) is 6.73 Å². The molecular formula is C17H20ClN3O2. The van der Waals surface area contributed by atoms with Crippen LogP contribution in [0.4, 0.5) is 16.2 Å². The normalized spacial score (nSPS) is 10.2. The van der Waals surface area contributed by atoms with Gasteiger partial charge in [0.2, 0.25) is 0 Å². The molecule has 4 N–H and O–H groups in total. The molecular weight excluding hydrogens is 314 g/mol. The van der Waals surface area contributed by atoms with Gasteiger partial charge in [-0.25, -0.2) is 4.79 Å². The van der Waals surface area contributed by atoms with Crippen LogP contribution in [0, 0.1) is 0 Å². The Hall–Kier alpha value is -2.40. The summed E-state index contributed by atoms with van der Waals surface area (Å²) in [5, 5.41) is 5.61. The molecule has 2 amide bonds. The van der Waals surface area contributed by atoms with Crippen LogP contribution in [0.15, 0.2) is 42.5 Å². The highest BCUT2D eigenvalue weighted by Crippen LogP contribution is 2.23. The molecule has 0 unspecified atom stereocenters. The van der Waals surface area contributed by atoms with Crippen molar-refractivity contribution in [2.24, 2.45) is 0 Å². The Morgan fingerprint density at radius 2 is 1.96 bits per heavy atom. The monoisotopic (exact) mass is 333 g/mol. The maximum absolute atomic E-state index is 11.8. The highest BCUT2D eigenvalue weighted by atomic mass is 35.5. The van der Waals surface area contributed by atoms with Crippen LogP contribution in [0.3, 0.4) is 0 Å². The smallest absolute Gasteiger partial charge is 0.321 e. The van der Waals surface area contributed by atoms with Crippen molar-refractivity contribution >= 4 is 29.0 Å². The minimum absolute atomic E-state index is 0.0611. The third-order valence-corrected chi connectivity index (χ3v) is 3.49. The van der Waals surface area contributed by atoms with Gasteiger partial charge in [0.15, 0.2) is 6.73 Å². The molecule has 0 spiro atoms. The molecule has 0 radical (unpaired) electrons. The number of urea groups is 1. The fourth-order valence-electron chi connectivity index (χ4n) is 2.03. The summed E-state index contributed by atoms with van der Waals surface area (Å²) >= 11 is 5.99. The SMILES string of the molecule is CCCc1ccc(OCNC(=O)Nc2ccc(N)cc2Cl)cc1. The molecule has 0 aliphatic carbocycles. The number of hydrogen-bond acceptors (Lipinski definition) is 3. The predicted molar refractivity (Wildman–Crippen MR) is 94.0 cm³/mol. The zero-order valence-corrected chi connectivity index (χ0v) is 13.7. The number of amides is 2. The van der Waals surface area contributed by atoms with Crippen molar-refractivity contribution in [3.8, 4) is 5.75 Å². The molecule has 2 aromatic rings. The number of anilines is 2. The summed E-state index contributed by atoms with van der Waals surface area (Å²) in [5.41, 5.74) is 7.89. The highest BCUT2D eigenvalue weighted by molar-refractivity contribution is 6.34. The summed E-state index contributed by atoms with van der Waals surface area (Å²) in [6.07, 6.45) is 2.15. The van der Waals surface area contributed by atoms with Gasteiger partial charge in [-0.2, -0.15) is 0 Å². The number of halogens is 1. The summed E-state index contributed by atoms with van der Waals surface area (Å²) < 4.78 is 5.47. The molecule has 23 heavy (non-hydrogen) atoms. The average molecular weight is 334 g/mol. The Labute approximate surface area is 140 Å². The van der Waals surface area contributed by atoms with E-state index in [9.17, 15) is 4.79 Å². The molecule has 122 valence electrons. The molecule has 0 fully saturated rings. The number of ether oxygens (including phenoxy) is 1. The fourth-order valence-corrected chi connectivity index (χ4v) is 2.26. The Bertz CT molecular complexity index is 659. The lowest BCUT2D eigenvalue weighted by Crippen LogP contribution is -2.32. The molecule has 0 saturated carbocycles. The summed E-state index contributed by atoms with van der Waals surface area (Å²) in [6.45, 7) is 2.20. The topological polar surface area (TPSA) is 76.4 Å². The first kappa shape index (κ1) is 17.0. The van der Waals surface area contributed by atoms with Gasteiger partial charge in [-0.1, -0.05) is 37.1 Å². The Kier molecular flexibility index (Phi) is 6.11. The van der Waals surface area contributed by atoms with Gasteiger partial charge in [0.05, 0.1) is 10.7 Å². The van der Waals surface area contributed by atoms with E-state index in [0.717, 1.165) is 12.8 Å². The van der Waals surface area contributed by atoms with Crippen LogP contribution in [0.5, 0.6) is 5.75 Å². The van der Waals surface area contributed by atoms with E-state index >= 15 is 0 Å². The van der Waals surface area contributed by atoms with Gasteiger partial charge in [0.1, 0.15) is 5.75 Å². The van der Waals surface area contributed by atoms with E-state index in [1.54, 1.807) is 18.2 Å². The van der Waals surface area contributed by atoms with Crippen LogP contribution < -0.4 is 21.1 Å². The highest BCUT2D eigenvalue weighted by Gasteiger charge is 2.05. The Balaban J connectivity index is 1.78. The molecule has 0 aliphatic heterocycles. The first-order valence-electron chi connectivity index (χ1n) is 7.40. The molecule has 6 heteroatoms. The van der Waals surface area contributed by atoms with E-state index in [4.69, 9.17) is 22.1 Å². The fraction of sp³-hybridized carbons (Fsp3) is 0.235. The Morgan fingerprint density at radius 1 is 1.22 bits per heavy atom. The van der Waals surface area contributed by atoms with Crippen molar-refractivity contribution < 1.29 is 9.53 Å². The summed E-state index contributed by atoms with van der Waals surface area (Å²) in [4.78, 5) is 11.8. The lowest BCUT2D eigenvalue weighted by Gasteiger charge is -2.11. The maximum atomic E-state index is 11.8. The second kappa shape index (κ2) is 8.29. The van der Waals surface area contributed by atoms with Gasteiger partial charge >= 0.3 is 6.03 Å². The number of aryl methyl sites for hydroxylation is 1. The number of nitrogens with one attached hydrogen (secondary N) is 2. The molecule has 0 heterocycles. The van der Waals surface area contributed by atoms with E-state index < -0.39 is 6.03 Å². The van der Waals surface area contributed by atoms with Crippen molar-refractivity contribution in [3.63, 3.8) is 0 Å². The molecule has 0 atom stereocenters. The number of carbonyl (C=O) groups is 1. The summed E-state index contributed by atoms with van der Waals surface area (Å²) in [5.74, 6) is 0.704. The van der Waals surface area contributed by atoms with Crippen molar-refractivity contribution in [2.75, 3.05) is 17.8 Å². The van der Waals surface area contributed by atoms with Gasteiger partial charge in [-0.05, 0) is 42.3 Å². The predicted octanol–water partition coefficient (Wildman–Crippen LogP) is 4.03. The number of carbonyl (C=O) groups excluding carboxylic acids is 1. The molecule has 0 aromatic heterocycles. The van der Waals surface area contributed by atoms with Crippen molar-refractivity contribution in [2.45, 2.75) is 19.8 Å². The second-order valence-corrected chi connectivity index (χ2v) is 5.46. The third kappa shape index (κ3) is 5.38. The summed E-state index contributed by atoms with van der Waals surface area (Å²) in [6, 6.07) is 12.3. The number of rotatable bonds is 6. The summed E-state index contributed by atoms with van der Waals surface area (Å²) in [7, 11) is 0. The molecule has 2 rings (SSSR count). The first-order chi connectivity index (χ1) is 11.1. The zero-order chi connectivity index (χ0) is 16.7. The molecule has 5 nitrogen and oxygen atoms in total. The minimum Gasteiger partial charge on any atom is -0.473 e. The van der Waals surface area contributed by atoms with Gasteiger partial charge in [-0.15, -0.1) is 0 Å². The van der Waals surface area contributed by atoms with E-state index in [1.807, 2.05) is 24.3 Å². The van der Waals surface area contributed by atoms with E-state index in [1.165, 1.54) is 5.56 Å². The third-order valence-electron chi connectivity index (χ3n) is 3.17. The standard InChI is InChI=1S/C17H20ClN3O2/c1-2-3-12-4-7-14(8-5-12)23-11-20-17(22)21-16-9-6-13(19)10-15(16)18/h4-10H,2-3,11,19H2,1H3,(H2,20,21,22). The number of hydrogen-bond donors (Lipinski definition) is 3. The van der Waals surface area contributed by atoms with Crippen LogP contribution in [-0.4, -0.2) is 12.8 Å².